The number of amides is 1. The maximum absolute atomic E-state index is 13.0. The Balaban J connectivity index is 1.55. The number of carbonyl (C=O) groups is 1. The highest BCUT2D eigenvalue weighted by molar-refractivity contribution is 7.92. The predicted octanol–water partition coefficient (Wildman–Crippen LogP) is 3.90. The van der Waals surface area contributed by atoms with Crippen LogP contribution in [0.15, 0.2) is 71.6 Å². The van der Waals surface area contributed by atoms with Gasteiger partial charge in [-0.25, -0.2) is 12.8 Å². The van der Waals surface area contributed by atoms with E-state index >= 15 is 0 Å². The molecular formula is C24H25FN2O6S. The number of ether oxygens (including phenoxy) is 3. The summed E-state index contributed by atoms with van der Waals surface area (Å²) in [7, 11) is -0.777. The average molecular weight is 489 g/mol. The number of sulfonamides is 1. The molecule has 0 heterocycles. The number of carbonyl (C=O) groups excluding carboxylic acids is 1. The molecule has 0 saturated heterocycles. The van der Waals surface area contributed by atoms with Gasteiger partial charge in [-0.2, -0.15) is 0 Å². The summed E-state index contributed by atoms with van der Waals surface area (Å²) in [6.45, 7) is 1.57. The minimum absolute atomic E-state index is 0.00398. The first-order valence-electron chi connectivity index (χ1n) is 10.2. The molecule has 2 N–H and O–H groups in total. The Morgan fingerprint density at radius 1 is 0.941 bits per heavy atom. The summed E-state index contributed by atoms with van der Waals surface area (Å²) < 4.78 is 56.3. The van der Waals surface area contributed by atoms with Crippen molar-refractivity contribution >= 4 is 21.6 Å². The number of rotatable bonds is 10. The molecule has 1 amide bonds. The molecule has 0 aliphatic carbocycles. The van der Waals surface area contributed by atoms with E-state index < -0.39 is 15.8 Å². The molecule has 0 aliphatic heterocycles. The lowest BCUT2D eigenvalue weighted by Gasteiger charge is -2.17. The van der Waals surface area contributed by atoms with Crippen molar-refractivity contribution in [2.75, 3.05) is 25.5 Å². The number of halogens is 1. The van der Waals surface area contributed by atoms with E-state index in [9.17, 15) is 17.6 Å². The fraction of sp³-hybridized carbons (Fsp3) is 0.208. The van der Waals surface area contributed by atoms with Gasteiger partial charge >= 0.3 is 0 Å². The first-order valence-corrected chi connectivity index (χ1v) is 11.7. The normalized spacial score (nSPS) is 11.9. The first kappa shape index (κ1) is 24.8. The van der Waals surface area contributed by atoms with Gasteiger partial charge in [-0.1, -0.05) is 6.07 Å². The Hall–Kier alpha value is -3.79. The van der Waals surface area contributed by atoms with Crippen molar-refractivity contribution < 1.29 is 31.8 Å². The molecular weight excluding hydrogens is 463 g/mol. The second-order valence-electron chi connectivity index (χ2n) is 7.28. The minimum Gasteiger partial charge on any atom is -0.493 e. The summed E-state index contributed by atoms with van der Waals surface area (Å²) >= 11 is 0. The van der Waals surface area contributed by atoms with Crippen LogP contribution < -0.4 is 24.2 Å². The van der Waals surface area contributed by atoms with Crippen LogP contribution in [0.25, 0.3) is 0 Å². The lowest BCUT2D eigenvalue weighted by Crippen LogP contribution is -2.31. The Morgan fingerprint density at radius 3 is 2.21 bits per heavy atom. The van der Waals surface area contributed by atoms with E-state index in [2.05, 4.69) is 10.0 Å². The molecule has 3 aromatic carbocycles. The third-order valence-electron chi connectivity index (χ3n) is 4.89. The maximum atomic E-state index is 13.0. The highest BCUT2D eigenvalue weighted by Gasteiger charge is 2.16. The Bertz CT molecular complexity index is 1230. The van der Waals surface area contributed by atoms with E-state index in [0.717, 1.165) is 17.7 Å². The second kappa shape index (κ2) is 10.9. The molecule has 1 unspecified atom stereocenters. The topological polar surface area (TPSA) is 103 Å². The summed E-state index contributed by atoms with van der Waals surface area (Å²) in [5.74, 6) is 0.658. The maximum Gasteiger partial charge on any atom is 0.261 e. The van der Waals surface area contributed by atoms with E-state index in [1.807, 2.05) is 13.0 Å². The van der Waals surface area contributed by atoms with Gasteiger partial charge in [-0.05, 0) is 73.2 Å². The number of methoxy groups -OCH3 is 2. The van der Waals surface area contributed by atoms with Crippen LogP contribution in [0.3, 0.4) is 0 Å². The smallest absolute Gasteiger partial charge is 0.261 e. The Kier molecular flexibility index (Phi) is 7.95. The van der Waals surface area contributed by atoms with Crippen LogP contribution in [0, 0.1) is 5.82 Å². The van der Waals surface area contributed by atoms with Gasteiger partial charge in [0, 0.05) is 5.69 Å². The lowest BCUT2D eigenvalue weighted by atomic mass is 10.1. The van der Waals surface area contributed by atoms with Crippen LogP contribution in [-0.4, -0.2) is 35.2 Å². The van der Waals surface area contributed by atoms with Gasteiger partial charge in [0.05, 0.1) is 25.2 Å². The third-order valence-corrected chi connectivity index (χ3v) is 6.28. The Morgan fingerprint density at radius 2 is 1.59 bits per heavy atom. The highest BCUT2D eigenvalue weighted by atomic mass is 32.2. The zero-order chi connectivity index (χ0) is 24.7. The van der Waals surface area contributed by atoms with Gasteiger partial charge in [-0.15, -0.1) is 0 Å². The van der Waals surface area contributed by atoms with Crippen molar-refractivity contribution in [3.8, 4) is 17.2 Å². The zero-order valence-corrected chi connectivity index (χ0v) is 19.7. The van der Waals surface area contributed by atoms with E-state index in [4.69, 9.17) is 14.2 Å². The monoisotopic (exact) mass is 488 g/mol. The van der Waals surface area contributed by atoms with Gasteiger partial charge in [-0.3, -0.25) is 9.52 Å². The largest absolute Gasteiger partial charge is 0.493 e. The fourth-order valence-corrected chi connectivity index (χ4v) is 4.14. The third kappa shape index (κ3) is 6.38. The Labute approximate surface area is 197 Å². The molecule has 34 heavy (non-hydrogen) atoms. The summed E-state index contributed by atoms with van der Waals surface area (Å²) in [6.07, 6.45) is 0. The lowest BCUT2D eigenvalue weighted by molar-refractivity contribution is -0.123. The van der Waals surface area contributed by atoms with Crippen molar-refractivity contribution in [2.24, 2.45) is 0 Å². The van der Waals surface area contributed by atoms with E-state index in [-0.39, 0.29) is 29.1 Å². The zero-order valence-electron chi connectivity index (χ0n) is 18.9. The molecule has 3 rings (SSSR count). The molecule has 0 bridgehead atoms. The van der Waals surface area contributed by atoms with Crippen LogP contribution in [0.5, 0.6) is 17.2 Å². The molecule has 0 aliphatic rings. The van der Waals surface area contributed by atoms with Gasteiger partial charge in [0.1, 0.15) is 11.6 Å². The number of nitrogens with one attached hydrogen (secondary N) is 2. The number of benzene rings is 3. The quantitative estimate of drug-likeness (QED) is 0.449. The van der Waals surface area contributed by atoms with Gasteiger partial charge in [0.15, 0.2) is 18.1 Å². The summed E-state index contributed by atoms with van der Waals surface area (Å²) in [5.41, 5.74) is 1.07. The van der Waals surface area contributed by atoms with E-state index in [0.29, 0.717) is 17.2 Å². The molecule has 180 valence electrons. The molecule has 8 nitrogen and oxygen atoms in total. The number of anilines is 1. The predicted molar refractivity (Wildman–Crippen MR) is 125 cm³/mol. The van der Waals surface area contributed by atoms with Crippen molar-refractivity contribution in [3.63, 3.8) is 0 Å². The fourth-order valence-electron chi connectivity index (χ4n) is 3.08. The van der Waals surface area contributed by atoms with Crippen LogP contribution >= 0.6 is 0 Å². The van der Waals surface area contributed by atoms with Gasteiger partial charge in [0.25, 0.3) is 15.9 Å². The molecule has 1 atom stereocenters. The molecule has 3 aromatic rings. The second-order valence-corrected chi connectivity index (χ2v) is 8.96. The summed E-state index contributed by atoms with van der Waals surface area (Å²) in [6, 6.07) is 15.6. The molecule has 0 saturated carbocycles. The van der Waals surface area contributed by atoms with Gasteiger partial charge < -0.3 is 19.5 Å². The summed E-state index contributed by atoms with van der Waals surface area (Å²) in [4.78, 5) is 12.3. The van der Waals surface area contributed by atoms with Gasteiger partial charge in [0.2, 0.25) is 0 Å². The molecule has 0 spiro atoms. The number of hydrogen-bond donors (Lipinski definition) is 2. The van der Waals surface area contributed by atoms with E-state index in [1.165, 1.54) is 43.5 Å². The summed E-state index contributed by atoms with van der Waals surface area (Å²) in [5, 5.41) is 2.83. The van der Waals surface area contributed by atoms with Crippen LogP contribution in [0.2, 0.25) is 0 Å². The highest BCUT2D eigenvalue weighted by Crippen LogP contribution is 2.29. The molecule has 0 radical (unpaired) electrons. The minimum atomic E-state index is -3.86. The van der Waals surface area contributed by atoms with Crippen molar-refractivity contribution in [1.29, 1.82) is 0 Å². The van der Waals surface area contributed by atoms with Crippen LogP contribution in [0.4, 0.5) is 10.1 Å². The van der Waals surface area contributed by atoms with Crippen molar-refractivity contribution in [2.45, 2.75) is 17.9 Å². The van der Waals surface area contributed by atoms with Crippen molar-refractivity contribution in [3.05, 3.63) is 78.1 Å². The average Bonchev–Trinajstić information content (AvgIpc) is 2.83. The van der Waals surface area contributed by atoms with Crippen LogP contribution in [-0.2, 0) is 14.8 Å². The number of hydrogen-bond acceptors (Lipinski definition) is 6. The van der Waals surface area contributed by atoms with Crippen molar-refractivity contribution in [1.82, 2.24) is 5.32 Å². The van der Waals surface area contributed by atoms with Crippen LogP contribution in [0.1, 0.15) is 18.5 Å². The first-order chi connectivity index (χ1) is 16.2. The molecule has 10 heteroatoms. The molecule has 0 aromatic heterocycles. The van der Waals surface area contributed by atoms with E-state index in [1.54, 1.807) is 19.2 Å². The standard InChI is InChI=1S/C24H25FN2O6S/c1-16(17-4-13-22(31-2)23(14-17)32-3)26-24(28)15-33-20-9-11-21(12-10-20)34(29,30)27-19-7-5-18(25)6-8-19/h4-14,16,27H,15H2,1-3H3,(H,26,28). The molecule has 0 fully saturated rings. The SMILES string of the molecule is COc1ccc(C(C)NC(=O)COc2ccc(S(=O)(=O)Nc3ccc(F)cc3)cc2)cc1OC.